The second-order valence-electron chi connectivity index (χ2n) is 6.25. The smallest absolute Gasteiger partial charge is 0.471 e. The molecule has 1 N–H and O–H groups in total. The van der Waals surface area contributed by atoms with Crippen molar-refractivity contribution in [2.24, 2.45) is 0 Å². The van der Waals surface area contributed by atoms with Crippen molar-refractivity contribution in [1.29, 1.82) is 0 Å². The van der Waals surface area contributed by atoms with Crippen LogP contribution in [0.2, 0.25) is 0 Å². The van der Waals surface area contributed by atoms with Crippen LogP contribution >= 0.6 is 0 Å². The summed E-state index contributed by atoms with van der Waals surface area (Å²) in [6.07, 6.45) is -3.40. The number of halogens is 3. The van der Waals surface area contributed by atoms with Crippen LogP contribution in [0.25, 0.3) is 11.4 Å². The first kappa shape index (κ1) is 19.9. The van der Waals surface area contributed by atoms with Gasteiger partial charge >= 0.3 is 12.1 Å². The average Bonchev–Trinajstić information content (AvgIpc) is 3.28. The van der Waals surface area contributed by atoms with Gasteiger partial charge in [-0.3, -0.25) is 0 Å². The number of benzene rings is 1. The predicted molar refractivity (Wildman–Crippen MR) is 90.5 cm³/mol. The molecule has 0 saturated heterocycles. The zero-order valence-electron chi connectivity index (χ0n) is 15.2. The fourth-order valence-electron chi connectivity index (χ4n) is 2.71. The molecular weight excluding hydrogens is 379 g/mol. The zero-order valence-corrected chi connectivity index (χ0v) is 15.2. The molecule has 0 unspecified atom stereocenters. The van der Waals surface area contributed by atoms with Crippen LogP contribution in [-0.4, -0.2) is 27.0 Å². The van der Waals surface area contributed by atoms with E-state index >= 15 is 0 Å². The molecule has 0 amide bonds. The molecule has 7 nitrogen and oxygen atoms in total. The molecule has 2 aromatic heterocycles. The molecule has 0 aliphatic carbocycles. The Labute approximate surface area is 158 Å². The van der Waals surface area contributed by atoms with Crippen LogP contribution in [0.4, 0.5) is 13.2 Å². The van der Waals surface area contributed by atoms with Gasteiger partial charge in [-0.25, -0.2) is 0 Å². The minimum absolute atomic E-state index is 0.211. The molecule has 0 aliphatic rings. The summed E-state index contributed by atoms with van der Waals surface area (Å²) in [7, 11) is 0. The molecule has 2 heterocycles. The van der Waals surface area contributed by atoms with Crippen LogP contribution in [0.5, 0.6) is 5.75 Å². The van der Waals surface area contributed by atoms with E-state index in [0.29, 0.717) is 41.9 Å². The summed E-state index contributed by atoms with van der Waals surface area (Å²) in [5, 5.41) is 16.8. The Morgan fingerprint density at radius 1 is 1.11 bits per heavy atom. The topological polar surface area (TPSA) is 94.4 Å². The highest BCUT2D eigenvalue weighted by Gasteiger charge is 2.38. The zero-order chi connectivity index (χ0) is 20.3. The fourth-order valence-corrected chi connectivity index (χ4v) is 2.71. The molecule has 3 aromatic rings. The van der Waals surface area contributed by atoms with Crippen LogP contribution in [0, 0.1) is 13.8 Å². The van der Waals surface area contributed by atoms with Gasteiger partial charge in [0.1, 0.15) is 11.5 Å². The summed E-state index contributed by atoms with van der Waals surface area (Å²) < 4.78 is 53.1. The molecule has 10 heteroatoms. The molecule has 0 spiro atoms. The first-order chi connectivity index (χ1) is 13.3. The van der Waals surface area contributed by atoms with Gasteiger partial charge < -0.3 is 18.9 Å². The maximum absolute atomic E-state index is 12.6. The van der Waals surface area contributed by atoms with Gasteiger partial charge in [0.15, 0.2) is 0 Å². The number of aryl methyl sites for hydroxylation is 3. The fraction of sp³-hybridized carbons (Fsp3) is 0.389. The van der Waals surface area contributed by atoms with Crippen LogP contribution in [0.1, 0.15) is 34.9 Å². The van der Waals surface area contributed by atoms with E-state index in [1.54, 1.807) is 13.0 Å². The van der Waals surface area contributed by atoms with Crippen LogP contribution < -0.4 is 4.74 Å². The Hall–Kier alpha value is -2.88. The van der Waals surface area contributed by atoms with Crippen molar-refractivity contribution in [2.45, 2.75) is 39.5 Å². The predicted octanol–water partition coefficient (Wildman–Crippen LogP) is 3.86. The number of nitrogens with zero attached hydrogens (tertiary/aromatic N) is 3. The minimum atomic E-state index is -4.72. The Kier molecular flexibility index (Phi) is 5.68. The van der Waals surface area contributed by atoms with Crippen LogP contribution in [0.3, 0.4) is 0 Å². The van der Waals surface area contributed by atoms with Gasteiger partial charge in [0, 0.05) is 23.6 Å². The Bertz CT molecular complexity index is 950. The van der Waals surface area contributed by atoms with E-state index in [1.807, 2.05) is 13.0 Å². The number of alkyl halides is 3. The number of hydrogen-bond acceptors (Lipinski definition) is 7. The van der Waals surface area contributed by atoms with Gasteiger partial charge in [-0.1, -0.05) is 10.3 Å². The highest BCUT2D eigenvalue weighted by molar-refractivity contribution is 5.61. The molecule has 0 radical (unpaired) electrons. The SMILES string of the molecule is Cc1cc(CCCOc2c(C)cc(-c3noc(C(F)(F)F)n3)cc2CO)on1. The lowest BCUT2D eigenvalue weighted by Gasteiger charge is -2.14. The van der Waals surface area contributed by atoms with Crippen molar-refractivity contribution in [3.63, 3.8) is 0 Å². The number of aliphatic hydroxyl groups excluding tert-OH is 1. The second-order valence-corrected chi connectivity index (χ2v) is 6.25. The summed E-state index contributed by atoms with van der Waals surface area (Å²) in [5.74, 6) is -0.404. The molecule has 0 aliphatic heterocycles. The van der Waals surface area contributed by atoms with E-state index in [9.17, 15) is 18.3 Å². The quantitative estimate of drug-likeness (QED) is 0.605. The summed E-state index contributed by atoms with van der Waals surface area (Å²) in [6, 6.07) is 4.91. The van der Waals surface area contributed by atoms with Gasteiger partial charge in [-0.05, 0) is 38.0 Å². The minimum Gasteiger partial charge on any atom is -0.493 e. The van der Waals surface area contributed by atoms with E-state index in [0.717, 1.165) is 11.5 Å². The Morgan fingerprint density at radius 3 is 2.50 bits per heavy atom. The molecule has 0 atom stereocenters. The molecule has 150 valence electrons. The lowest BCUT2D eigenvalue weighted by atomic mass is 10.0. The van der Waals surface area contributed by atoms with E-state index in [1.165, 1.54) is 6.07 Å². The van der Waals surface area contributed by atoms with Crippen molar-refractivity contribution in [3.8, 4) is 17.1 Å². The molecule has 3 rings (SSSR count). The lowest BCUT2D eigenvalue weighted by Crippen LogP contribution is -2.05. The first-order valence-corrected chi connectivity index (χ1v) is 8.48. The number of rotatable bonds is 7. The molecule has 1 aromatic carbocycles. The highest BCUT2D eigenvalue weighted by atomic mass is 19.4. The summed E-state index contributed by atoms with van der Waals surface area (Å²) >= 11 is 0. The number of aliphatic hydroxyl groups is 1. The first-order valence-electron chi connectivity index (χ1n) is 8.48. The normalized spacial score (nSPS) is 11.8. The maximum atomic E-state index is 12.6. The van der Waals surface area contributed by atoms with Gasteiger partial charge in [0.2, 0.25) is 5.82 Å². The lowest BCUT2D eigenvalue weighted by molar-refractivity contribution is -0.159. The molecule has 28 heavy (non-hydrogen) atoms. The van der Waals surface area contributed by atoms with Gasteiger partial charge in [0.05, 0.1) is 18.9 Å². The molecule has 0 saturated carbocycles. The summed E-state index contributed by atoms with van der Waals surface area (Å²) in [4.78, 5) is 3.37. The van der Waals surface area contributed by atoms with Gasteiger partial charge in [-0.2, -0.15) is 18.2 Å². The standard InChI is InChI=1S/C18H18F3N3O4/c1-10-6-12(16-22-17(28-24-16)18(19,20)21)8-13(9-25)15(10)26-5-3-4-14-7-11(2)23-27-14/h6-8,25H,3-5,9H2,1-2H3. The van der Waals surface area contributed by atoms with Crippen molar-refractivity contribution in [2.75, 3.05) is 6.61 Å². The van der Waals surface area contributed by atoms with Crippen LogP contribution in [-0.2, 0) is 19.2 Å². The van der Waals surface area contributed by atoms with E-state index in [2.05, 4.69) is 19.8 Å². The van der Waals surface area contributed by atoms with E-state index in [-0.39, 0.29) is 12.4 Å². The molecule has 0 fully saturated rings. The third-order valence-electron chi connectivity index (χ3n) is 3.94. The second kappa shape index (κ2) is 8.01. The van der Waals surface area contributed by atoms with Gasteiger partial charge in [0.25, 0.3) is 0 Å². The molecule has 0 bridgehead atoms. The third-order valence-corrected chi connectivity index (χ3v) is 3.94. The summed E-state index contributed by atoms with van der Waals surface area (Å²) in [5.41, 5.74) is 2.16. The van der Waals surface area contributed by atoms with Crippen molar-refractivity contribution in [1.82, 2.24) is 15.3 Å². The Balaban J connectivity index is 1.71. The van der Waals surface area contributed by atoms with Crippen LogP contribution in [0.15, 0.2) is 27.2 Å². The monoisotopic (exact) mass is 397 g/mol. The highest BCUT2D eigenvalue weighted by Crippen LogP contribution is 2.32. The maximum Gasteiger partial charge on any atom is 0.471 e. The van der Waals surface area contributed by atoms with Crippen molar-refractivity contribution < 1.29 is 32.1 Å². The van der Waals surface area contributed by atoms with E-state index in [4.69, 9.17) is 9.26 Å². The number of hydrogen-bond donors (Lipinski definition) is 1. The van der Waals surface area contributed by atoms with Gasteiger partial charge in [-0.15, -0.1) is 0 Å². The average molecular weight is 397 g/mol. The summed E-state index contributed by atoms with van der Waals surface area (Å²) in [6.45, 7) is 3.58. The van der Waals surface area contributed by atoms with Crippen molar-refractivity contribution in [3.05, 3.63) is 46.7 Å². The molecular formula is C18H18F3N3O4. The third kappa shape index (κ3) is 4.50. The van der Waals surface area contributed by atoms with E-state index < -0.39 is 12.1 Å². The van der Waals surface area contributed by atoms with Crippen molar-refractivity contribution >= 4 is 0 Å². The Morgan fingerprint density at radius 2 is 1.89 bits per heavy atom. The number of ether oxygens (including phenoxy) is 1. The largest absolute Gasteiger partial charge is 0.493 e. The number of aromatic nitrogens is 3.